The first-order valence-corrected chi connectivity index (χ1v) is 11.3. The Morgan fingerprint density at radius 2 is 1.64 bits per heavy atom. The van der Waals surface area contributed by atoms with E-state index in [0.717, 1.165) is 16.7 Å². The summed E-state index contributed by atoms with van der Waals surface area (Å²) in [4.78, 5) is 12.3. The van der Waals surface area contributed by atoms with Gasteiger partial charge in [0.2, 0.25) is 15.9 Å². The molecule has 152 valence electrons. The minimum absolute atomic E-state index is 0.0789. The van der Waals surface area contributed by atoms with Gasteiger partial charge in [0.15, 0.2) is 0 Å². The number of nitrogens with zero attached hydrogens (tertiary/aromatic N) is 1. The number of hydrogen-bond donors (Lipinski definition) is 1. The zero-order valence-corrected chi connectivity index (χ0v) is 18.1. The average Bonchev–Trinajstić information content (AvgIpc) is 2.58. The average molecular weight is 403 g/mol. The van der Waals surface area contributed by atoms with Gasteiger partial charge in [-0.3, -0.25) is 9.10 Å². The highest BCUT2D eigenvalue weighted by Gasteiger charge is 2.18. The molecule has 6 heteroatoms. The van der Waals surface area contributed by atoms with Gasteiger partial charge in [-0.05, 0) is 57.4 Å². The molecule has 0 saturated heterocycles. The van der Waals surface area contributed by atoms with Gasteiger partial charge in [-0.25, -0.2) is 8.42 Å². The Hall–Kier alpha value is -2.34. The first kappa shape index (κ1) is 22.0. The molecule has 0 radical (unpaired) electrons. The van der Waals surface area contributed by atoms with Gasteiger partial charge in [-0.15, -0.1) is 0 Å². The summed E-state index contributed by atoms with van der Waals surface area (Å²) in [6.07, 6.45) is 1.91. The second-order valence-corrected chi connectivity index (χ2v) is 9.33. The Bertz CT molecular complexity index is 921. The van der Waals surface area contributed by atoms with Crippen LogP contribution >= 0.6 is 0 Å². The number of sulfonamides is 1. The van der Waals surface area contributed by atoms with Crippen LogP contribution in [0.3, 0.4) is 0 Å². The molecule has 2 rings (SSSR count). The summed E-state index contributed by atoms with van der Waals surface area (Å²) in [5, 5.41) is 3.01. The molecule has 1 amide bonds. The number of hydrogen-bond acceptors (Lipinski definition) is 3. The lowest BCUT2D eigenvalue weighted by molar-refractivity contribution is -0.121. The number of anilines is 1. The molecule has 0 aliphatic rings. The highest BCUT2D eigenvalue weighted by molar-refractivity contribution is 7.92. The number of amides is 1. The molecule has 0 fully saturated rings. The van der Waals surface area contributed by atoms with Crippen LogP contribution in [0.15, 0.2) is 42.5 Å². The molecule has 0 heterocycles. The molecule has 5 nitrogen and oxygen atoms in total. The van der Waals surface area contributed by atoms with Crippen molar-refractivity contribution in [3.8, 4) is 0 Å². The number of rotatable bonds is 8. The van der Waals surface area contributed by atoms with E-state index < -0.39 is 10.0 Å². The highest BCUT2D eigenvalue weighted by Crippen LogP contribution is 2.20. The van der Waals surface area contributed by atoms with Crippen molar-refractivity contribution >= 4 is 21.6 Å². The fraction of sp³-hybridized carbons (Fsp3) is 0.409. The third-order valence-corrected chi connectivity index (χ3v) is 5.95. The maximum absolute atomic E-state index is 12.3. The number of nitrogens with one attached hydrogen (secondary N) is 1. The van der Waals surface area contributed by atoms with Crippen molar-refractivity contribution in [3.63, 3.8) is 0 Å². The van der Waals surface area contributed by atoms with E-state index in [1.807, 2.05) is 52.0 Å². The van der Waals surface area contributed by atoms with Gasteiger partial charge in [0.05, 0.1) is 18.0 Å². The van der Waals surface area contributed by atoms with Crippen LogP contribution in [-0.4, -0.2) is 27.1 Å². The first-order valence-electron chi connectivity index (χ1n) is 9.49. The molecule has 0 spiro atoms. The third kappa shape index (κ3) is 6.09. The van der Waals surface area contributed by atoms with Crippen molar-refractivity contribution in [3.05, 3.63) is 64.7 Å². The predicted octanol–water partition coefficient (Wildman–Crippen LogP) is 4.04. The highest BCUT2D eigenvalue weighted by atomic mass is 32.2. The van der Waals surface area contributed by atoms with Crippen LogP contribution in [0.1, 0.15) is 48.1 Å². The van der Waals surface area contributed by atoms with Crippen molar-refractivity contribution in [2.24, 2.45) is 0 Å². The van der Waals surface area contributed by atoms with Crippen LogP contribution in [0.2, 0.25) is 0 Å². The maximum atomic E-state index is 12.3. The van der Waals surface area contributed by atoms with Gasteiger partial charge >= 0.3 is 0 Å². The van der Waals surface area contributed by atoms with Crippen molar-refractivity contribution in [1.82, 2.24) is 5.32 Å². The topological polar surface area (TPSA) is 66.5 Å². The molecular weight excluding hydrogens is 372 g/mol. The number of benzene rings is 2. The first-order chi connectivity index (χ1) is 13.1. The van der Waals surface area contributed by atoms with Crippen molar-refractivity contribution in [2.75, 3.05) is 17.1 Å². The maximum Gasteiger partial charge on any atom is 0.232 e. The molecule has 0 aliphatic heterocycles. The lowest BCUT2D eigenvalue weighted by Gasteiger charge is -2.23. The van der Waals surface area contributed by atoms with Gasteiger partial charge in [0.25, 0.3) is 0 Å². The zero-order valence-electron chi connectivity index (χ0n) is 17.3. The van der Waals surface area contributed by atoms with E-state index in [4.69, 9.17) is 0 Å². The van der Waals surface area contributed by atoms with Gasteiger partial charge < -0.3 is 5.32 Å². The van der Waals surface area contributed by atoms with Gasteiger partial charge in [0, 0.05) is 13.0 Å². The number of aryl methyl sites for hydroxylation is 3. The minimum Gasteiger partial charge on any atom is -0.350 e. The Labute approximate surface area is 168 Å². The zero-order chi connectivity index (χ0) is 20.9. The SMILES string of the molecule is Cc1ccc(N(CCCC(=O)NC(C)c2ccc(C)cc2C)S(C)(=O)=O)cc1. The van der Waals surface area contributed by atoms with Gasteiger partial charge in [0.1, 0.15) is 0 Å². The molecule has 2 aromatic carbocycles. The Morgan fingerprint density at radius 3 is 2.21 bits per heavy atom. The second-order valence-electron chi connectivity index (χ2n) is 7.42. The summed E-state index contributed by atoms with van der Waals surface area (Å²) in [5.74, 6) is -0.0789. The van der Waals surface area contributed by atoms with Gasteiger partial charge in [-0.1, -0.05) is 41.5 Å². The molecule has 2 aromatic rings. The molecule has 1 N–H and O–H groups in total. The largest absolute Gasteiger partial charge is 0.350 e. The monoisotopic (exact) mass is 402 g/mol. The van der Waals surface area contributed by atoms with Crippen molar-refractivity contribution < 1.29 is 13.2 Å². The van der Waals surface area contributed by atoms with Crippen LogP contribution < -0.4 is 9.62 Å². The van der Waals surface area contributed by atoms with E-state index in [2.05, 4.69) is 11.4 Å². The third-order valence-electron chi connectivity index (χ3n) is 4.76. The summed E-state index contributed by atoms with van der Waals surface area (Å²) in [6.45, 7) is 8.27. The van der Waals surface area contributed by atoms with Crippen LogP contribution in [0.25, 0.3) is 0 Å². The van der Waals surface area contributed by atoms with Gasteiger partial charge in [-0.2, -0.15) is 0 Å². The summed E-state index contributed by atoms with van der Waals surface area (Å²) in [7, 11) is -3.40. The Morgan fingerprint density at radius 1 is 1.04 bits per heavy atom. The lowest BCUT2D eigenvalue weighted by Crippen LogP contribution is -2.32. The van der Waals surface area contributed by atoms with E-state index in [1.54, 1.807) is 12.1 Å². The number of carbonyl (C=O) groups is 1. The van der Waals surface area contributed by atoms with Crippen LogP contribution in [0, 0.1) is 20.8 Å². The molecule has 1 atom stereocenters. The van der Waals surface area contributed by atoms with E-state index in [0.29, 0.717) is 12.1 Å². The summed E-state index contributed by atoms with van der Waals surface area (Å²) in [6, 6.07) is 13.4. The molecule has 0 aromatic heterocycles. The quantitative estimate of drug-likeness (QED) is 0.725. The Kier molecular flexibility index (Phi) is 7.24. The fourth-order valence-electron chi connectivity index (χ4n) is 3.28. The minimum atomic E-state index is -3.40. The van der Waals surface area contributed by atoms with Crippen molar-refractivity contribution in [2.45, 2.75) is 46.6 Å². The summed E-state index contributed by atoms with van der Waals surface area (Å²) in [5.41, 5.74) is 5.12. The summed E-state index contributed by atoms with van der Waals surface area (Å²) >= 11 is 0. The fourth-order valence-corrected chi connectivity index (χ4v) is 4.25. The Balaban J connectivity index is 1.94. The molecular formula is C22H30N2O3S. The lowest BCUT2D eigenvalue weighted by atomic mass is 10.00. The molecule has 0 bridgehead atoms. The van der Waals surface area contributed by atoms with E-state index in [-0.39, 0.29) is 24.9 Å². The number of carbonyl (C=O) groups excluding carboxylic acids is 1. The molecule has 28 heavy (non-hydrogen) atoms. The van der Waals surface area contributed by atoms with Crippen LogP contribution in [-0.2, 0) is 14.8 Å². The smallest absolute Gasteiger partial charge is 0.232 e. The molecule has 0 saturated carbocycles. The molecule has 1 unspecified atom stereocenters. The standard InChI is InChI=1S/C22H30N2O3S/c1-16-8-11-20(12-9-16)24(28(5,26)27)14-6-7-22(25)23-19(4)21-13-10-17(2)15-18(21)3/h8-13,15,19H,6-7,14H2,1-5H3,(H,23,25). The second kappa shape index (κ2) is 9.24. The predicted molar refractivity (Wildman–Crippen MR) is 115 cm³/mol. The van der Waals surface area contributed by atoms with E-state index in [1.165, 1.54) is 16.1 Å². The van der Waals surface area contributed by atoms with E-state index >= 15 is 0 Å². The summed E-state index contributed by atoms with van der Waals surface area (Å²) < 4.78 is 25.6. The van der Waals surface area contributed by atoms with Crippen molar-refractivity contribution in [1.29, 1.82) is 0 Å². The van der Waals surface area contributed by atoms with E-state index in [9.17, 15) is 13.2 Å². The van der Waals surface area contributed by atoms with Crippen LogP contribution in [0.5, 0.6) is 0 Å². The van der Waals surface area contributed by atoms with Crippen LogP contribution in [0.4, 0.5) is 5.69 Å². The normalized spacial score (nSPS) is 12.5. The molecule has 0 aliphatic carbocycles.